The Labute approximate surface area is 140 Å². The van der Waals surface area contributed by atoms with Gasteiger partial charge in [0.2, 0.25) is 6.10 Å². The molecule has 0 unspecified atom stereocenters. The number of hydrogen-bond acceptors (Lipinski definition) is 7. The molecule has 0 saturated carbocycles. The molecule has 0 saturated heterocycles. The van der Waals surface area contributed by atoms with E-state index >= 15 is 0 Å². The molecule has 0 aliphatic rings. The smallest absolute Gasteiger partial charge is 0.360 e. The van der Waals surface area contributed by atoms with Crippen LogP contribution in [0.15, 0.2) is 54.6 Å². The summed E-state index contributed by atoms with van der Waals surface area (Å²) in [6, 6.07) is 7.51. The van der Waals surface area contributed by atoms with Crippen LogP contribution in [0.3, 0.4) is 0 Å². The van der Waals surface area contributed by atoms with E-state index in [-0.39, 0.29) is 5.56 Å². The Balaban J connectivity index is 2.93. The molecule has 0 fully saturated rings. The van der Waals surface area contributed by atoms with Crippen LogP contribution < -0.4 is 0 Å². The van der Waals surface area contributed by atoms with Gasteiger partial charge in [0.25, 0.3) is 0 Å². The standard InChI is InChI=1S/C16H12O9/c17-11(18)6-8-13(21)24-15(10-4-2-1-3-5-10)16(23)25-14(22)9-7-12(19)20/h1-9,15H,(H,17,18)(H,19,20)/t15-/m1/s1. The zero-order chi connectivity index (χ0) is 18.8. The molecule has 0 aromatic heterocycles. The SMILES string of the molecule is O=C(O)C=CC(=O)OC(=O)[C@H](OC(=O)C=CC(=O)O)c1ccccc1. The number of carboxylic acids is 2. The normalized spacial score (nSPS) is 11.8. The van der Waals surface area contributed by atoms with E-state index in [4.69, 9.17) is 14.9 Å². The van der Waals surface area contributed by atoms with Crippen molar-refractivity contribution in [1.82, 2.24) is 0 Å². The Morgan fingerprint density at radius 1 is 0.800 bits per heavy atom. The number of carbonyl (C=O) groups is 5. The molecule has 1 aromatic carbocycles. The van der Waals surface area contributed by atoms with Crippen LogP contribution in [0.2, 0.25) is 0 Å². The first-order valence-corrected chi connectivity index (χ1v) is 6.63. The van der Waals surface area contributed by atoms with Crippen molar-refractivity contribution >= 4 is 29.8 Å². The number of rotatable bonds is 7. The van der Waals surface area contributed by atoms with E-state index in [9.17, 15) is 24.0 Å². The predicted molar refractivity (Wildman–Crippen MR) is 79.9 cm³/mol. The van der Waals surface area contributed by atoms with Crippen molar-refractivity contribution in [2.45, 2.75) is 6.10 Å². The Bertz CT molecular complexity index is 731. The van der Waals surface area contributed by atoms with Crippen molar-refractivity contribution in [3.8, 4) is 0 Å². The summed E-state index contributed by atoms with van der Waals surface area (Å²) in [5.74, 6) is -6.52. The summed E-state index contributed by atoms with van der Waals surface area (Å²) in [7, 11) is 0. The van der Waals surface area contributed by atoms with Crippen molar-refractivity contribution in [2.75, 3.05) is 0 Å². The minimum absolute atomic E-state index is 0.166. The maximum atomic E-state index is 12.0. The minimum Gasteiger partial charge on any atom is -0.478 e. The first-order chi connectivity index (χ1) is 11.8. The average Bonchev–Trinajstić information content (AvgIpc) is 2.56. The second kappa shape index (κ2) is 9.40. The third-order valence-electron chi connectivity index (χ3n) is 2.48. The highest BCUT2D eigenvalue weighted by Crippen LogP contribution is 2.19. The zero-order valence-electron chi connectivity index (χ0n) is 12.5. The lowest BCUT2D eigenvalue weighted by atomic mass is 10.1. The lowest BCUT2D eigenvalue weighted by Gasteiger charge is -2.15. The van der Waals surface area contributed by atoms with Gasteiger partial charge in [0.05, 0.1) is 0 Å². The third-order valence-corrected chi connectivity index (χ3v) is 2.48. The highest BCUT2D eigenvalue weighted by Gasteiger charge is 2.27. The van der Waals surface area contributed by atoms with E-state index in [0.29, 0.717) is 24.3 Å². The van der Waals surface area contributed by atoms with Crippen molar-refractivity contribution in [2.24, 2.45) is 0 Å². The number of carbonyl (C=O) groups excluding carboxylic acids is 3. The fourth-order valence-corrected chi connectivity index (χ4v) is 1.50. The summed E-state index contributed by atoms with van der Waals surface area (Å²) in [4.78, 5) is 55.7. The van der Waals surface area contributed by atoms with Crippen LogP contribution in [0.5, 0.6) is 0 Å². The second-order valence-electron chi connectivity index (χ2n) is 4.31. The van der Waals surface area contributed by atoms with Crippen molar-refractivity contribution in [1.29, 1.82) is 0 Å². The number of benzene rings is 1. The Morgan fingerprint density at radius 2 is 1.32 bits per heavy atom. The summed E-state index contributed by atoms with van der Waals surface area (Å²) in [6.45, 7) is 0. The number of hydrogen-bond donors (Lipinski definition) is 2. The molecule has 0 heterocycles. The molecule has 9 nitrogen and oxygen atoms in total. The van der Waals surface area contributed by atoms with Gasteiger partial charge in [0, 0.05) is 29.9 Å². The Hall–Kier alpha value is -3.75. The monoisotopic (exact) mass is 348 g/mol. The van der Waals surface area contributed by atoms with Crippen LogP contribution in [0.1, 0.15) is 11.7 Å². The van der Waals surface area contributed by atoms with Gasteiger partial charge in [-0.3, -0.25) is 0 Å². The number of esters is 3. The van der Waals surface area contributed by atoms with Crippen LogP contribution in [0, 0.1) is 0 Å². The van der Waals surface area contributed by atoms with Gasteiger partial charge in [-0.05, 0) is 0 Å². The topological polar surface area (TPSA) is 144 Å². The molecule has 130 valence electrons. The van der Waals surface area contributed by atoms with E-state index in [1.54, 1.807) is 6.07 Å². The number of aliphatic carboxylic acids is 2. The van der Waals surface area contributed by atoms with Gasteiger partial charge in [0.1, 0.15) is 0 Å². The van der Waals surface area contributed by atoms with E-state index in [0.717, 1.165) is 0 Å². The summed E-state index contributed by atoms with van der Waals surface area (Å²) in [5, 5.41) is 16.9. The first-order valence-electron chi connectivity index (χ1n) is 6.63. The first kappa shape index (κ1) is 19.3. The van der Waals surface area contributed by atoms with Gasteiger partial charge in [0.15, 0.2) is 0 Å². The van der Waals surface area contributed by atoms with Gasteiger partial charge < -0.3 is 19.7 Å². The molecule has 0 aliphatic heterocycles. The molecule has 0 spiro atoms. The average molecular weight is 348 g/mol. The van der Waals surface area contributed by atoms with Crippen molar-refractivity contribution in [3.63, 3.8) is 0 Å². The lowest BCUT2D eigenvalue weighted by molar-refractivity contribution is -0.170. The van der Waals surface area contributed by atoms with Gasteiger partial charge in [-0.25, -0.2) is 24.0 Å². The minimum atomic E-state index is -1.64. The Kier molecular flexibility index (Phi) is 7.26. The molecular weight excluding hydrogens is 336 g/mol. The van der Waals surface area contributed by atoms with E-state index in [2.05, 4.69) is 4.74 Å². The van der Waals surface area contributed by atoms with Crippen LogP contribution >= 0.6 is 0 Å². The highest BCUT2D eigenvalue weighted by atomic mass is 16.6. The summed E-state index contributed by atoms with van der Waals surface area (Å²) >= 11 is 0. The van der Waals surface area contributed by atoms with Gasteiger partial charge >= 0.3 is 29.8 Å². The molecular formula is C16H12O9. The Morgan fingerprint density at radius 3 is 1.84 bits per heavy atom. The van der Waals surface area contributed by atoms with Gasteiger partial charge in [-0.15, -0.1) is 0 Å². The summed E-state index contributed by atoms with van der Waals surface area (Å²) in [6.07, 6.45) is 0.423. The zero-order valence-corrected chi connectivity index (χ0v) is 12.5. The molecule has 2 N–H and O–H groups in total. The molecule has 25 heavy (non-hydrogen) atoms. The van der Waals surface area contributed by atoms with Gasteiger partial charge in [-0.1, -0.05) is 30.3 Å². The quantitative estimate of drug-likeness (QED) is 0.411. The molecule has 0 bridgehead atoms. The fourth-order valence-electron chi connectivity index (χ4n) is 1.50. The second-order valence-corrected chi connectivity index (χ2v) is 4.31. The van der Waals surface area contributed by atoms with Crippen LogP contribution in [-0.4, -0.2) is 40.1 Å². The molecule has 1 rings (SSSR count). The van der Waals surface area contributed by atoms with E-state index in [1.807, 2.05) is 0 Å². The molecule has 0 amide bonds. The van der Waals surface area contributed by atoms with E-state index < -0.39 is 36.0 Å². The van der Waals surface area contributed by atoms with Crippen LogP contribution in [0.25, 0.3) is 0 Å². The van der Waals surface area contributed by atoms with Crippen molar-refractivity contribution < 1.29 is 43.7 Å². The van der Waals surface area contributed by atoms with Crippen LogP contribution in [0.4, 0.5) is 0 Å². The highest BCUT2D eigenvalue weighted by molar-refractivity contribution is 5.98. The summed E-state index contributed by atoms with van der Waals surface area (Å²) in [5.41, 5.74) is 0.166. The van der Waals surface area contributed by atoms with Crippen LogP contribution in [-0.2, 0) is 33.4 Å². The summed E-state index contributed by atoms with van der Waals surface area (Å²) < 4.78 is 9.22. The van der Waals surface area contributed by atoms with Gasteiger partial charge in [-0.2, -0.15) is 0 Å². The lowest BCUT2D eigenvalue weighted by Crippen LogP contribution is -2.23. The third kappa shape index (κ3) is 7.37. The number of ether oxygens (including phenoxy) is 2. The molecule has 1 aromatic rings. The predicted octanol–water partition coefficient (Wildman–Crippen LogP) is 0.622. The molecule has 1 atom stereocenters. The van der Waals surface area contributed by atoms with E-state index in [1.165, 1.54) is 24.3 Å². The number of carboxylic acid groups (broad SMARTS) is 2. The maximum Gasteiger partial charge on any atom is 0.360 e. The largest absolute Gasteiger partial charge is 0.478 e. The molecule has 0 radical (unpaired) electrons. The molecule has 0 aliphatic carbocycles. The molecule has 9 heteroatoms. The maximum absolute atomic E-state index is 12.0. The fraction of sp³-hybridized carbons (Fsp3) is 0.0625. The van der Waals surface area contributed by atoms with Crippen molar-refractivity contribution in [3.05, 3.63) is 60.2 Å².